The van der Waals surface area contributed by atoms with E-state index in [9.17, 15) is 8.42 Å². The highest BCUT2D eigenvalue weighted by atomic mass is 127. The smallest absolute Gasteiger partial charge is 0.202 e. The van der Waals surface area contributed by atoms with E-state index in [0.717, 1.165) is 6.42 Å². The summed E-state index contributed by atoms with van der Waals surface area (Å²) in [6.45, 7) is 0. The molecular weight excluding hydrogens is 277 g/mol. The summed E-state index contributed by atoms with van der Waals surface area (Å²) in [5.41, 5.74) is 0. The summed E-state index contributed by atoms with van der Waals surface area (Å²) in [6.07, 6.45) is 8.41. The van der Waals surface area contributed by atoms with Gasteiger partial charge in [0.1, 0.15) is 0 Å². The zero-order valence-corrected chi connectivity index (χ0v) is 8.67. The van der Waals surface area contributed by atoms with Crippen LogP contribution in [-0.4, -0.2) is 14.5 Å². The minimum atomic E-state index is -3.11. The molecule has 0 saturated heterocycles. The number of nitrogens with one attached hydrogen (secondary N) is 1. The Labute approximate surface area is 78.2 Å². The second-order valence-corrected chi connectivity index (χ2v) is 6.76. The van der Waals surface area contributed by atoms with Gasteiger partial charge in [-0.3, -0.25) is 0 Å². The fourth-order valence-corrected chi connectivity index (χ4v) is 2.20. The first-order chi connectivity index (χ1) is 5.08. The van der Waals surface area contributed by atoms with Gasteiger partial charge in [0, 0.05) is 0 Å². The van der Waals surface area contributed by atoms with Crippen molar-refractivity contribution < 1.29 is 8.42 Å². The molecule has 1 N–H and O–H groups in total. The van der Waals surface area contributed by atoms with E-state index in [0.29, 0.717) is 0 Å². The molecule has 1 aliphatic carbocycles. The Hall–Kier alpha value is 0.120. The SMILES string of the molecule is O=S(=O)(I)NC1C=CCC=C1. The van der Waals surface area contributed by atoms with Crippen LogP contribution in [0.4, 0.5) is 0 Å². The van der Waals surface area contributed by atoms with E-state index in [1.54, 1.807) is 0 Å². The van der Waals surface area contributed by atoms with Crippen LogP contribution in [0.2, 0.25) is 0 Å². The number of hydrogen-bond acceptors (Lipinski definition) is 2. The fraction of sp³-hybridized carbons (Fsp3) is 0.333. The van der Waals surface area contributed by atoms with E-state index in [2.05, 4.69) is 4.72 Å². The molecule has 0 spiro atoms. The van der Waals surface area contributed by atoms with Gasteiger partial charge in [-0.25, -0.2) is 8.42 Å². The molecule has 0 radical (unpaired) electrons. The highest BCUT2D eigenvalue weighted by Gasteiger charge is 2.09. The molecule has 11 heavy (non-hydrogen) atoms. The average molecular weight is 285 g/mol. The number of hydrogen-bond donors (Lipinski definition) is 1. The summed E-state index contributed by atoms with van der Waals surface area (Å²) in [4.78, 5) is 0. The monoisotopic (exact) mass is 285 g/mol. The molecule has 5 heteroatoms. The van der Waals surface area contributed by atoms with Crippen LogP contribution in [0.25, 0.3) is 0 Å². The second-order valence-electron chi connectivity index (χ2n) is 2.17. The summed E-state index contributed by atoms with van der Waals surface area (Å²) in [5.74, 6) is 0. The molecule has 1 aliphatic rings. The van der Waals surface area contributed by atoms with Crippen molar-refractivity contribution in [1.82, 2.24) is 4.72 Å². The Morgan fingerprint density at radius 3 is 2.36 bits per heavy atom. The Bertz CT molecular complexity index is 269. The zero-order valence-electron chi connectivity index (χ0n) is 5.70. The van der Waals surface area contributed by atoms with Crippen molar-refractivity contribution in [2.75, 3.05) is 0 Å². The Balaban J connectivity index is 2.57. The summed E-state index contributed by atoms with van der Waals surface area (Å²) in [6, 6.07) is -0.161. The third kappa shape index (κ3) is 3.88. The summed E-state index contributed by atoms with van der Waals surface area (Å²) < 4.78 is 23.9. The second kappa shape index (κ2) is 3.68. The molecule has 0 fully saturated rings. The van der Waals surface area contributed by atoms with Gasteiger partial charge in [-0.15, -0.1) is 0 Å². The van der Waals surface area contributed by atoms with Crippen LogP contribution in [-0.2, 0) is 7.19 Å². The molecule has 3 nitrogen and oxygen atoms in total. The lowest BCUT2D eigenvalue weighted by Crippen LogP contribution is -2.28. The van der Waals surface area contributed by atoms with Crippen LogP contribution in [0.3, 0.4) is 0 Å². The lowest BCUT2D eigenvalue weighted by Gasteiger charge is -2.09. The topological polar surface area (TPSA) is 46.2 Å². The number of rotatable bonds is 2. The van der Waals surface area contributed by atoms with Crippen LogP contribution < -0.4 is 4.72 Å². The molecule has 0 aromatic rings. The molecule has 0 bridgehead atoms. The predicted octanol–water partition coefficient (Wildman–Crippen LogP) is 1.14. The average Bonchev–Trinajstić information content (AvgIpc) is 1.85. The normalized spacial score (nSPS) is 19.0. The zero-order chi connectivity index (χ0) is 8.32. The van der Waals surface area contributed by atoms with Crippen LogP contribution in [0.1, 0.15) is 6.42 Å². The van der Waals surface area contributed by atoms with Crippen LogP contribution in [0.15, 0.2) is 24.3 Å². The maximum absolute atomic E-state index is 10.7. The van der Waals surface area contributed by atoms with Gasteiger partial charge in [-0.05, 0) is 6.42 Å². The molecule has 0 aromatic heterocycles. The highest BCUT2D eigenvalue weighted by Crippen LogP contribution is 2.05. The molecule has 0 saturated carbocycles. The molecule has 0 heterocycles. The summed E-state index contributed by atoms with van der Waals surface area (Å²) in [7, 11) is -3.11. The van der Waals surface area contributed by atoms with Crippen LogP contribution in [0, 0.1) is 0 Å². The lowest BCUT2D eigenvalue weighted by atomic mass is 10.1. The third-order valence-corrected chi connectivity index (χ3v) is 2.55. The van der Waals surface area contributed by atoms with Crippen LogP contribution >= 0.6 is 21.2 Å². The minimum Gasteiger partial charge on any atom is -0.202 e. The van der Waals surface area contributed by atoms with Crippen molar-refractivity contribution in [3.63, 3.8) is 0 Å². The number of allylic oxidation sites excluding steroid dienone is 2. The summed E-state index contributed by atoms with van der Waals surface area (Å²) in [5, 5.41) is 0. The first-order valence-corrected chi connectivity index (χ1v) is 7.16. The van der Waals surface area contributed by atoms with E-state index in [1.165, 1.54) is 21.2 Å². The molecule has 0 unspecified atom stereocenters. The maximum Gasteiger partial charge on any atom is 0.265 e. The van der Waals surface area contributed by atoms with Gasteiger partial charge in [0.25, 0.3) is 7.19 Å². The fourth-order valence-electron chi connectivity index (χ4n) is 0.834. The van der Waals surface area contributed by atoms with Crippen molar-refractivity contribution in [1.29, 1.82) is 0 Å². The maximum atomic E-state index is 10.7. The van der Waals surface area contributed by atoms with Crippen molar-refractivity contribution in [2.24, 2.45) is 0 Å². The standard InChI is InChI=1S/C6H8INO2S/c7-11(9,10)8-6-4-2-1-3-5-6/h2-6,8H,1H2. The van der Waals surface area contributed by atoms with Gasteiger partial charge in [0.15, 0.2) is 0 Å². The molecule has 1 rings (SSSR count). The first-order valence-electron chi connectivity index (χ1n) is 3.13. The van der Waals surface area contributed by atoms with Crippen LogP contribution in [0.5, 0.6) is 0 Å². The van der Waals surface area contributed by atoms with E-state index < -0.39 is 7.19 Å². The first kappa shape index (κ1) is 9.21. The predicted molar refractivity (Wildman–Crippen MR) is 52.8 cm³/mol. The van der Waals surface area contributed by atoms with E-state index in [4.69, 9.17) is 0 Å². The quantitative estimate of drug-likeness (QED) is 0.470. The van der Waals surface area contributed by atoms with E-state index in [1.807, 2.05) is 24.3 Å². The van der Waals surface area contributed by atoms with E-state index in [-0.39, 0.29) is 6.04 Å². The molecule has 0 atom stereocenters. The van der Waals surface area contributed by atoms with Gasteiger partial charge in [-0.1, -0.05) is 24.3 Å². The minimum absolute atomic E-state index is 0.161. The van der Waals surface area contributed by atoms with Gasteiger partial charge in [0.05, 0.1) is 27.2 Å². The van der Waals surface area contributed by atoms with E-state index >= 15 is 0 Å². The molecule has 62 valence electrons. The Morgan fingerprint density at radius 2 is 1.91 bits per heavy atom. The van der Waals surface area contributed by atoms with Crippen molar-refractivity contribution in [2.45, 2.75) is 12.5 Å². The van der Waals surface area contributed by atoms with Crippen molar-refractivity contribution in [3.05, 3.63) is 24.3 Å². The van der Waals surface area contributed by atoms with Crippen molar-refractivity contribution in [3.8, 4) is 0 Å². The Morgan fingerprint density at radius 1 is 1.36 bits per heavy atom. The number of halogens is 1. The summed E-state index contributed by atoms with van der Waals surface area (Å²) >= 11 is 1.37. The van der Waals surface area contributed by atoms with Gasteiger partial charge >= 0.3 is 0 Å². The molecular formula is C6H8INO2S. The molecule has 0 amide bonds. The van der Waals surface area contributed by atoms with Gasteiger partial charge in [-0.2, -0.15) is 4.72 Å². The highest BCUT2D eigenvalue weighted by molar-refractivity contribution is 14.2. The Kier molecular flexibility index (Phi) is 3.08. The third-order valence-electron chi connectivity index (χ3n) is 1.24. The lowest BCUT2D eigenvalue weighted by molar-refractivity contribution is 0.598. The largest absolute Gasteiger partial charge is 0.265 e. The van der Waals surface area contributed by atoms with Gasteiger partial charge in [0.2, 0.25) is 0 Å². The van der Waals surface area contributed by atoms with Crippen molar-refractivity contribution >= 4 is 28.4 Å². The van der Waals surface area contributed by atoms with Gasteiger partial charge < -0.3 is 0 Å². The molecule has 0 aromatic carbocycles. The molecule has 0 aliphatic heterocycles.